The molecule has 0 aromatic carbocycles. The molecule has 2 fully saturated rings. The van der Waals surface area contributed by atoms with E-state index in [4.69, 9.17) is 4.74 Å². The van der Waals surface area contributed by atoms with Gasteiger partial charge < -0.3 is 9.64 Å². The molecule has 2 saturated heterocycles. The molecule has 0 radical (unpaired) electrons. The molecule has 0 N–H and O–H groups in total. The van der Waals surface area contributed by atoms with Crippen LogP contribution in [-0.2, 0) is 22.5 Å². The molecular formula is C19H23N3O2S. The molecule has 0 aliphatic carbocycles. The van der Waals surface area contributed by atoms with Crippen molar-refractivity contribution < 1.29 is 9.53 Å². The number of nitrogens with zero attached hydrogens (tertiary/aromatic N) is 3. The molecule has 4 rings (SSSR count). The van der Waals surface area contributed by atoms with Crippen molar-refractivity contribution in [2.45, 2.75) is 19.1 Å². The van der Waals surface area contributed by atoms with E-state index >= 15 is 0 Å². The second kappa shape index (κ2) is 7.64. The summed E-state index contributed by atoms with van der Waals surface area (Å²) in [4.78, 5) is 22.3. The molecular weight excluding hydrogens is 334 g/mol. The van der Waals surface area contributed by atoms with Crippen molar-refractivity contribution >= 4 is 17.2 Å². The van der Waals surface area contributed by atoms with E-state index in [-0.39, 0.29) is 12.0 Å². The minimum absolute atomic E-state index is 0.172. The molecule has 2 aromatic heterocycles. The Hall–Kier alpha value is -1.76. The smallest absolute Gasteiger partial charge is 0.227 e. The molecule has 25 heavy (non-hydrogen) atoms. The van der Waals surface area contributed by atoms with E-state index in [2.05, 4.69) is 16.0 Å². The third kappa shape index (κ3) is 4.08. The van der Waals surface area contributed by atoms with Gasteiger partial charge in [-0.25, -0.2) is 0 Å². The molecule has 0 spiro atoms. The van der Waals surface area contributed by atoms with Gasteiger partial charge in [0.15, 0.2) is 0 Å². The zero-order chi connectivity index (χ0) is 17.1. The van der Waals surface area contributed by atoms with Crippen LogP contribution in [-0.4, -0.2) is 59.6 Å². The number of amides is 1. The van der Waals surface area contributed by atoms with Crippen LogP contribution in [0.1, 0.15) is 10.4 Å². The molecule has 2 aliphatic heterocycles. The quantitative estimate of drug-likeness (QED) is 0.840. The number of carbonyl (C=O) groups excluding carboxylic acids is 1. The maximum absolute atomic E-state index is 12.6. The summed E-state index contributed by atoms with van der Waals surface area (Å²) in [7, 11) is 0. The Morgan fingerprint density at radius 3 is 3.04 bits per heavy atom. The molecule has 2 aromatic rings. The average Bonchev–Trinajstić information content (AvgIpc) is 3.23. The van der Waals surface area contributed by atoms with Crippen LogP contribution >= 0.6 is 11.3 Å². The molecule has 0 bridgehead atoms. The second-order valence-corrected chi connectivity index (χ2v) is 7.85. The molecule has 5 nitrogen and oxygen atoms in total. The van der Waals surface area contributed by atoms with E-state index in [1.807, 2.05) is 34.7 Å². The fraction of sp³-hybridized carbons (Fsp3) is 0.474. The Balaban J connectivity index is 1.36. The van der Waals surface area contributed by atoms with Crippen LogP contribution in [0.4, 0.5) is 0 Å². The Morgan fingerprint density at radius 1 is 1.28 bits per heavy atom. The highest BCUT2D eigenvalue weighted by molar-refractivity contribution is 7.10. The van der Waals surface area contributed by atoms with Gasteiger partial charge in [-0.05, 0) is 23.1 Å². The van der Waals surface area contributed by atoms with Gasteiger partial charge in [0.25, 0.3) is 0 Å². The Kier molecular flexibility index (Phi) is 5.10. The van der Waals surface area contributed by atoms with Crippen molar-refractivity contribution in [2.75, 3.05) is 32.8 Å². The number of aromatic nitrogens is 1. The second-order valence-electron chi connectivity index (χ2n) is 6.82. The van der Waals surface area contributed by atoms with Crippen molar-refractivity contribution in [3.8, 4) is 0 Å². The third-order valence-electron chi connectivity index (χ3n) is 5.00. The lowest BCUT2D eigenvalue weighted by molar-refractivity contribution is -0.130. The summed E-state index contributed by atoms with van der Waals surface area (Å²) < 4.78 is 6.06. The third-order valence-corrected chi connectivity index (χ3v) is 5.88. The largest absolute Gasteiger partial charge is 0.375 e. The van der Waals surface area contributed by atoms with Gasteiger partial charge in [0, 0.05) is 55.9 Å². The first-order valence-electron chi connectivity index (χ1n) is 8.81. The lowest BCUT2D eigenvalue weighted by Gasteiger charge is -2.23. The van der Waals surface area contributed by atoms with Crippen molar-refractivity contribution in [3.05, 3.63) is 52.5 Å². The molecule has 6 heteroatoms. The molecule has 0 unspecified atom stereocenters. The number of hydrogen-bond donors (Lipinski definition) is 0. The first kappa shape index (κ1) is 16.7. The van der Waals surface area contributed by atoms with Crippen LogP contribution in [0.3, 0.4) is 0 Å². The van der Waals surface area contributed by atoms with E-state index in [0.29, 0.717) is 12.3 Å². The Labute approximate surface area is 152 Å². The minimum Gasteiger partial charge on any atom is -0.375 e. The molecule has 4 heterocycles. The lowest BCUT2D eigenvalue weighted by Crippen LogP contribution is -2.34. The number of ether oxygens (including phenoxy) is 1. The number of pyridine rings is 1. The monoisotopic (exact) mass is 357 g/mol. The van der Waals surface area contributed by atoms with Crippen molar-refractivity contribution in [3.63, 3.8) is 0 Å². The van der Waals surface area contributed by atoms with E-state index < -0.39 is 0 Å². The predicted octanol–water partition coefficient (Wildman–Crippen LogP) is 2.04. The standard InChI is InChI=1S/C19H23N3O2S/c23-19(9-17-4-2-8-25-17)22-13-16-12-21(6-7-24-18(16)14-22)11-15-3-1-5-20-10-15/h1-5,8,10,16,18H,6-7,9,11-14H2/t16-,18+/m0/s1. The van der Waals surface area contributed by atoms with Crippen LogP contribution in [0.2, 0.25) is 0 Å². The first-order valence-corrected chi connectivity index (χ1v) is 9.69. The van der Waals surface area contributed by atoms with Gasteiger partial charge in [-0.2, -0.15) is 0 Å². The first-order chi connectivity index (χ1) is 12.3. The van der Waals surface area contributed by atoms with Crippen molar-refractivity contribution in [1.29, 1.82) is 0 Å². The van der Waals surface area contributed by atoms with E-state index in [1.54, 1.807) is 17.5 Å². The van der Waals surface area contributed by atoms with E-state index in [1.165, 1.54) is 5.56 Å². The van der Waals surface area contributed by atoms with Gasteiger partial charge in [0.2, 0.25) is 5.91 Å². The van der Waals surface area contributed by atoms with Gasteiger partial charge in [0.1, 0.15) is 0 Å². The summed E-state index contributed by atoms with van der Waals surface area (Å²) in [6.45, 7) is 5.07. The van der Waals surface area contributed by atoms with Crippen molar-refractivity contribution in [2.24, 2.45) is 5.92 Å². The highest BCUT2D eigenvalue weighted by atomic mass is 32.1. The topological polar surface area (TPSA) is 45.7 Å². The van der Waals surface area contributed by atoms with Crippen LogP contribution < -0.4 is 0 Å². The van der Waals surface area contributed by atoms with Crippen LogP contribution in [0.25, 0.3) is 0 Å². The van der Waals surface area contributed by atoms with Gasteiger partial charge >= 0.3 is 0 Å². The van der Waals surface area contributed by atoms with Crippen molar-refractivity contribution in [1.82, 2.24) is 14.8 Å². The van der Waals surface area contributed by atoms with Gasteiger partial charge in [-0.1, -0.05) is 12.1 Å². The fourth-order valence-corrected chi connectivity index (χ4v) is 4.43. The van der Waals surface area contributed by atoms with Crippen LogP contribution in [0, 0.1) is 5.92 Å². The van der Waals surface area contributed by atoms with Gasteiger partial charge in [0.05, 0.1) is 19.1 Å². The molecule has 1 amide bonds. The highest BCUT2D eigenvalue weighted by Gasteiger charge is 2.38. The predicted molar refractivity (Wildman–Crippen MR) is 97.3 cm³/mol. The highest BCUT2D eigenvalue weighted by Crippen LogP contribution is 2.25. The van der Waals surface area contributed by atoms with Crippen LogP contribution in [0.5, 0.6) is 0 Å². The normalized spacial score (nSPS) is 24.1. The summed E-state index contributed by atoms with van der Waals surface area (Å²) in [5.74, 6) is 0.615. The summed E-state index contributed by atoms with van der Waals surface area (Å²) in [6, 6.07) is 8.12. The zero-order valence-corrected chi connectivity index (χ0v) is 15.0. The zero-order valence-electron chi connectivity index (χ0n) is 14.2. The number of thiophene rings is 1. The summed E-state index contributed by atoms with van der Waals surface area (Å²) in [6.07, 6.45) is 4.41. The number of rotatable bonds is 4. The lowest BCUT2D eigenvalue weighted by atomic mass is 10.1. The average molecular weight is 357 g/mol. The summed E-state index contributed by atoms with van der Waals surface area (Å²) in [5, 5.41) is 2.02. The molecule has 0 saturated carbocycles. The maximum Gasteiger partial charge on any atom is 0.227 e. The summed E-state index contributed by atoms with van der Waals surface area (Å²) >= 11 is 1.65. The SMILES string of the molecule is O=C(Cc1cccs1)N1C[C@@H]2CN(Cc3cccnc3)CCO[C@@H]2C1. The number of carbonyl (C=O) groups is 1. The Bertz CT molecular complexity index is 692. The van der Waals surface area contributed by atoms with E-state index in [9.17, 15) is 4.79 Å². The summed E-state index contributed by atoms with van der Waals surface area (Å²) in [5.41, 5.74) is 1.23. The minimum atomic E-state index is 0.172. The van der Waals surface area contributed by atoms with Gasteiger partial charge in [-0.3, -0.25) is 14.7 Å². The Morgan fingerprint density at radius 2 is 2.24 bits per heavy atom. The number of likely N-dealkylation sites (tertiary alicyclic amines) is 1. The van der Waals surface area contributed by atoms with Crippen LogP contribution in [0.15, 0.2) is 42.0 Å². The number of fused-ring (bicyclic) bond motifs is 1. The number of hydrogen-bond acceptors (Lipinski definition) is 5. The molecule has 132 valence electrons. The fourth-order valence-electron chi connectivity index (χ4n) is 3.73. The maximum atomic E-state index is 12.6. The van der Waals surface area contributed by atoms with E-state index in [0.717, 1.165) is 44.2 Å². The molecule has 2 atom stereocenters. The van der Waals surface area contributed by atoms with Gasteiger partial charge in [-0.15, -0.1) is 11.3 Å². The molecule has 2 aliphatic rings.